The molecule has 9 heteroatoms. The molecule has 0 bridgehead atoms. The molecular weight excluding hydrogens is 280 g/mol. The number of hydrogen-bond acceptors (Lipinski definition) is 8. The zero-order valence-corrected chi connectivity index (χ0v) is 11.7. The Kier molecular flexibility index (Phi) is 4.77. The van der Waals surface area contributed by atoms with E-state index in [-0.39, 0.29) is 17.3 Å². The predicted molar refractivity (Wildman–Crippen MR) is 76.9 cm³/mol. The number of anilines is 2. The summed E-state index contributed by atoms with van der Waals surface area (Å²) in [6, 6.07) is 0. The van der Waals surface area contributed by atoms with Gasteiger partial charge in [-0.2, -0.15) is 0 Å². The van der Waals surface area contributed by atoms with Gasteiger partial charge < -0.3 is 10.6 Å². The third kappa shape index (κ3) is 3.38. The normalized spacial score (nSPS) is 10.2. The van der Waals surface area contributed by atoms with E-state index >= 15 is 0 Å². The number of thiazole rings is 1. The molecule has 0 aromatic carbocycles. The number of nitrogens with one attached hydrogen (secondary N) is 2. The first-order valence-corrected chi connectivity index (χ1v) is 6.94. The van der Waals surface area contributed by atoms with Crippen molar-refractivity contribution in [3.63, 3.8) is 0 Å². The van der Waals surface area contributed by atoms with E-state index in [1.807, 2.05) is 6.92 Å². The van der Waals surface area contributed by atoms with Crippen LogP contribution in [-0.4, -0.2) is 26.4 Å². The molecule has 2 N–H and O–H groups in total. The summed E-state index contributed by atoms with van der Waals surface area (Å²) in [6.45, 7) is 3.03. The topological polar surface area (TPSA) is 106 Å². The van der Waals surface area contributed by atoms with Crippen molar-refractivity contribution >= 4 is 28.7 Å². The quantitative estimate of drug-likeness (QED) is 0.596. The predicted octanol–water partition coefficient (Wildman–Crippen LogP) is 2.28. The van der Waals surface area contributed by atoms with Crippen LogP contribution in [0.3, 0.4) is 0 Å². The Morgan fingerprint density at radius 3 is 2.70 bits per heavy atom. The summed E-state index contributed by atoms with van der Waals surface area (Å²) in [5.41, 5.74) is 1.57. The average molecular weight is 294 g/mol. The second-order valence-electron chi connectivity index (χ2n) is 3.92. The molecule has 2 aromatic rings. The molecule has 0 aliphatic carbocycles. The number of hydrogen-bond donors (Lipinski definition) is 2. The minimum Gasteiger partial charge on any atom is -0.364 e. The van der Waals surface area contributed by atoms with Crippen molar-refractivity contribution in [2.24, 2.45) is 0 Å². The Morgan fingerprint density at radius 1 is 1.35 bits per heavy atom. The molecule has 2 aromatic heterocycles. The van der Waals surface area contributed by atoms with E-state index in [9.17, 15) is 10.1 Å². The lowest BCUT2D eigenvalue weighted by Crippen LogP contribution is -2.10. The fourth-order valence-electron chi connectivity index (χ4n) is 1.55. The Labute approximate surface area is 119 Å². The summed E-state index contributed by atoms with van der Waals surface area (Å²) in [6.07, 6.45) is 3.87. The zero-order chi connectivity index (χ0) is 14.4. The highest BCUT2D eigenvalue weighted by atomic mass is 32.1. The maximum Gasteiger partial charge on any atom is 0.353 e. The van der Waals surface area contributed by atoms with E-state index in [1.165, 1.54) is 17.7 Å². The van der Waals surface area contributed by atoms with Crippen molar-refractivity contribution in [2.45, 2.75) is 19.9 Å². The van der Waals surface area contributed by atoms with Crippen LogP contribution < -0.4 is 10.6 Å². The van der Waals surface area contributed by atoms with Gasteiger partial charge in [-0.3, -0.25) is 15.1 Å². The van der Waals surface area contributed by atoms with Crippen molar-refractivity contribution < 1.29 is 4.92 Å². The minimum atomic E-state index is -0.479. The van der Waals surface area contributed by atoms with Crippen LogP contribution in [0.15, 0.2) is 18.0 Å². The van der Waals surface area contributed by atoms with Gasteiger partial charge in [-0.15, -0.1) is 11.3 Å². The maximum absolute atomic E-state index is 11.2. The number of aromatic nitrogens is 3. The first-order valence-electron chi connectivity index (χ1n) is 6.07. The molecular formula is C11H14N6O2S. The lowest BCUT2D eigenvalue weighted by molar-refractivity contribution is -0.383. The van der Waals surface area contributed by atoms with Gasteiger partial charge in [0.15, 0.2) is 0 Å². The van der Waals surface area contributed by atoms with Crippen LogP contribution in [0.2, 0.25) is 0 Å². The maximum atomic E-state index is 11.2. The van der Waals surface area contributed by atoms with Crippen LogP contribution in [0.4, 0.5) is 17.3 Å². The van der Waals surface area contributed by atoms with Crippen LogP contribution in [0.1, 0.15) is 18.2 Å². The molecule has 0 saturated carbocycles. The largest absolute Gasteiger partial charge is 0.364 e. The SMILES string of the molecule is CCCNc1ncnc(NCc2cncs2)c1[N+](=O)[O-]. The van der Waals surface area contributed by atoms with Gasteiger partial charge in [-0.05, 0) is 6.42 Å². The van der Waals surface area contributed by atoms with Crippen molar-refractivity contribution in [3.05, 3.63) is 33.0 Å². The summed E-state index contributed by atoms with van der Waals surface area (Å²) >= 11 is 1.47. The van der Waals surface area contributed by atoms with Crippen LogP contribution in [0.5, 0.6) is 0 Å². The van der Waals surface area contributed by atoms with E-state index in [0.717, 1.165) is 11.3 Å². The minimum absolute atomic E-state index is 0.134. The Hall–Kier alpha value is -2.29. The Bertz CT molecular complexity index is 574. The van der Waals surface area contributed by atoms with Crippen molar-refractivity contribution in [2.75, 3.05) is 17.2 Å². The molecule has 8 nitrogen and oxygen atoms in total. The van der Waals surface area contributed by atoms with Crippen LogP contribution in [0, 0.1) is 10.1 Å². The van der Waals surface area contributed by atoms with Gasteiger partial charge in [0.2, 0.25) is 11.6 Å². The summed E-state index contributed by atoms with van der Waals surface area (Å²) in [7, 11) is 0. The number of rotatable bonds is 7. The lowest BCUT2D eigenvalue weighted by Gasteiger charge is -2.08. The van der Waals surface area contributed by atoms with Crippen molar-refractivity contribution in [1.82, 2.24) is 15.0 Å². The van der Waals surface area contributed by atoms with Gasteiger partial charge >= 0.3 is 5.69 Å². The molecule has 0 radical (unpaired) electrons. The van der Waals surface area contributed by atoms with Gasteiger partial charge in [0, 0.05) is 17.6 Å². The van der Waals surface area contributed by atoms with Gasteiger partial charge in [0.05, 0.1) is 17.0 Å². The molecule has 0 fully saturated rings. The molecule has 0 aliphatic rings. The van der Waals surface area contributed by atoms with E-state index in [1.54, 1.807) is 11.7 Å². The second kappa shape index (κ2) is 6.75. The Balaban J connectivity index is 2.20. The van der Waals surface area contributed by atoms with Crippen LogP contribution in [0.25, 0.3) is 0 Å². The van der Waals surface area contributed by atoms with Crippen LogP contribution >= 0.6 is 11.3 Å². The van der Waals surface area contributed by atoms with E-state index in [2.05, 4.69) is 25.6 Å². The molecule has 2 heterocycles. The highest BCUT2D eigenvalue weighted by Gasteiger charge is 2.22. The molecule has 2 rings (SSSR count). The molecule has 106 valence electrons. The van der Waals surface area contributed by atoms with Gasteiger partial charge in [-0.25, -0.2) is 9.97 Å². The van der Waals surface area contributed by atoms with E-state index < -0.39 is 4.92 Å². The first kappa shape index (κ1) is 14.1. The molecule has 0 spiro atoms. The summed E-state index contributed by atoms with van der Waals surface area (Å²) in [5, 5.41) is 17.1. The molecule has 0 aliphatic heterocycles. The van der Waals surface area contributed by atoms with Crippen LogP contribution in [-0.2, 0) is 6.54 Å². The zero-order valence-electron chi connectivity index (χ0n) is 10.9. The summed E-state index contributed by atoms with van der Waals surface area (Å²) in [4.78, 5) is 23.5. The lowest BCUT2D eigenvalue weighted by atomic mass is 10.4. The number of nitrogens with zero attached hydrogens (tertiary/aromatic N) is 4. The fourth-order valence-corrected chi connectivity index (χ4v) is 2.09. The third-order valence-electron chi connectivity index (χ3n) is 2.46. The smallest absolute Gasteiger partial charge is 0.353 e. The molecule has 0 unspecified atom stereocenters. The number of nitro groups is 1. The van der Waals surface area contributed by atoms with E-state index in [4.69, 9.17) is 0 Å². The second-order valence-corrected chi connectivity index (χ2v) is 4.90. The van der Waals surface area contributed by atoms with Crippen molar-refractivity contribution in [1.29, 1.82) is 0 Å². The van der Waals surface area contributed by atoms with Crippen molar-refractivity contribution in [3.8, 4) is 0 Å². The summed E-state index contributed by atoms with van der Waals surface area (Å²) in [5.74, 6) is 0.440. The Morgan fingerprint density at radius 2 is 2.10 bits per heavy atom. The standard InChI is InChI=1S/C11H14N6O2S/c1-2-3-13-10-9(17(18)19)11(16-6-15-10)14-5-8-4-12-7-20-8/h4,6-7H,2-3,5H2,1H3,(H2,13,14,15,16). The summed E-state index contributed by atoms with van der Waals surface area (Å²) < 4.78 is 0. The highest BCUT2D eigenvalue weighted by Crippen LogP contribution is 2.29. The molecule has 0 amide bonds. The first-order chi connectivity index (χ1) is 9.72. The van der Waals surface area contributed by atoms with E-state index in [0.29, 0.717) is 13.1 Å². The third-order valence-corrected chi connectivity index (χ3v) is 3.24. The van der Waals surface area contributed by atoms with Gasteiger partial charge in [0.25, 0.3) is 0 Å². The highest BCUT2D eigenvalue weighted by molar-refractivity contribution is 7.09. The fraction of sp³-hybridized carbons (Fsp3) is 0.364. The molecule has 0 saturated heterocycles. The molecule has 20 heavy (non-hydrogen) atoms. The van der Waals surface area contributed by atoms with Gasteiger partial charge in [-0.1, -0.05) is 6.92 Å². The van der Waals surface area contributed by atoms with Gasteiger partial charge in [0.1, 0.15) is 6.33 Å². The monoisotopic (exact) mass is 294 g/mol. The molecule has 0 atom stereocenters. The average Bonchev–Trinajstić information content (AvgIpc) is 2.95.